The van der Waals surface area contributed by atoms with Crippen molar-refractivity contribution in [1.29, 1.82) is 5.26 Å². The molecule has 1 aromatic carbocycles. The predicted octanol–water partition coefficient (Wildman–Crippen LogP) is 3.37. The van der Waals surface area contributed by atoms with Crippen LogP contribution in [0, 0.1) is 11.3 Å². The molecule has 1 heterocycles. The lowest BCUT2D eigenvalue weighted by Crippen LogP contribution is -2.06. The predicted molar refractivity (Wildman–Crippen MR) is 75.3 cm³/mol. The third kappa shape index (κ3) is 3.31. The maximum absolute atomic E-state index is 8.75. The first-order valence-electron chi connectivity index (χ1n) is 5.63. The third-order valence-corrected chi connectivity index (χ3v) is 3.12. The number of benzene rings is 1. The van der Waals surface area contributed by atoms with E-state index >= 15 is 0 Å². The molecule has 0 atom stereocenters. The first-order chi connectivity index (χ1) is 8.79. The van der Waals surface area contributed by atoms with Crippen LogP contribution in [0.2, 0.25) is 0 Å². The van der Waals surface area contributed by atoms with Crippen LogP contribution in [0.5, 0.6) is 0 Å². The third-order valence-electron chi connectivity index (χ3n) is 2.52. The van der Waals surface area contributed by atoms with Crippen LogP contribution in [-0.2, 0) is 6.42 Å². The molecule has 0 aliphatic heterocycles. The van der Waals surface area contributed by atoms with Gasteiger partial charge in [0.15, 0.2) is 0 Å². The summed E-state index contributed by atoms with van der Waals surface area (Å²) in [5.41, 5.74) is 1.84. The average Bonchev–Trinajstić information content (AvgIpc) is 2.42. The molecule has 0 spiro atoms. The standard InChI is InChI=1S/C14H12BrN3/c15-13-8-12(9-16)10-18-14(13)17-7-6-11-4-2-1-3-5-11/h1-5,8,10H,6-7H2,(H,17,18). The van der Waals surface area contributed by atoms with E-state index in [0.29, 0.717) is 5.56 Å². The van der Waals surface area contributed by atoms with Crippen LogP contribution in [0.15, 0.2) is 47.1 Å². The molecule has 0 bridgehead atoms. The summed E-state index contributed by atoms with van der Waals surface area (Å²) in [6.07, 6.45) is 2.50. The Morgan fingerprint density at radius 1 is 1.28 bits per heavy atom. The van der Waals surface area contributed by atoms with Crippen molar-refractivity contribution in [2.45, 2.75) is 6.42 Å². The number of hydrogen-bond donors (Lipinski definition) is 1. The molecule has 4 heteroatoms. The Morgan fingerprint density at radius 2 is 2.06 bits per heavy atom. The molecule has 90 valence electrons. The molecule has 0 unspecified atom stereocenters. The van der Waals surface area contributed by atoms with Gasteiger partial charge < -0.3 is 5.32 Å². The van der Waals surface area contributed by atoms with Gasteiger partial charge in [0.05, 0.1) is 10.0 Å². The molecule has 0 saturated carbocycles. The highest BCUT2D eigenvalue weighted by Gasteiger charge is 2.02. The number of anilines is 1. The van der Waals surface area contributed by atoms with Crippen molar-refractivity contribution in [2.24, 2.45) is 0 Å². The van der Waals surface area contributed by atoms with Crippen molar-refractivity contribution in [3.63, 3.8) is 0 Å². The molecule has 0 radical (unpaired) electrons. The number of rotatable bonds is 4. The molecule has 3 nitrogen and oxygen atoms in total. The second-order valence-electron chi connectivity index (χ2n) is 3.83. The maximum atomic E-state index is 8.75. The van der Waals surface area contributed by atoms with Gasteiger partial charge in [-0.25, -0.2) is 4.98 Å². The van der Waals surface area contributed by atoms with Gasteiger partial charge in [-0.3, -0.25) is 0 Å². The van der Waals surface area contributed by atoms with Crippen molar-refractivity contribution < 1.29 is 0 Å². The van der Waals surface area contributed by atoms with E-state index in [1.54, 1.807) is 12.3 Å². The van der Waals surface area contributed by atoms with Crippen molar-refractivity contribution in [1.82, 2.24) is 4.98 Å². The lowest BCUT2D eigenvalue weighted by atomic mass is 10.1. The van der Waals surface area contributed by atoms with E-state index < -0.39 is 0 Å². The van der Waals surface area contributed by atoms with Gasteiger partial charge in [-0.1, -0.05) is 30.3 Å². The van der Waals surface area contributed by atoms with Gasteiger partial charge >= 0.3 is 0 Å². The number of pyridine rings is 1. The molecule has 0 aliphatic rings. The molecule has 18 heavy (non-hydrogen) atoms. The van der Waals surface area contributed by atoms with Crippen molar-refractivity contribution in [3.05, 3.63) is 58.2 Å². The lowest BCUT2D eigenvalue weighted by molar-refractivity contribution is 1.00. The SMILES string of the molecule is N#Cc1cnc(NCCc2ccccc2)c(Br)c1. The smallest absolute Gasteiger partial charge is 0.140 e. The Morgan fingerprint density at radius 3 is 2.72 bits per heavy atom. The van der Waals surface area contributed by atoms with E-state index in [2.05, 4.69) is 44.4 Å². The van der Waals surface area contributed by atoms with Crippen LogP contribution >= 0.6 is 15.9 Å². The van der Waals surface area contributed by atoms with Gasteiger partial charge in [-0.2, -0.15) is 5.26 Å². The summed E-state index contributed by atoms with van der Waals surface area (Å²) < 4.78 is 0.814. The highest BCUT2D eigenvalue weighted by Crippen LogP contribution is 2.20. The minimum Gasteiger partial charge on any atom is -0.369 e. The molecule has 1 aromatic heterocycles. The molecule has 0 saturated heterocycles. The summed E-state index contributed by atoms with van der Waals surface area (Å²) in [6.45, 7) is 0.807. The first kappa shape index (κ1) is 12.6. The van der Waals surface area contributed by atoms with Crippen LogP contribution in [0.1, 0.15) is 11.1 Å². The van der Waals surface area contributed by atoms with E-state index in [0.717, 1.165) is 23.3 Å². The zero-order chi connectivity index (χ0) is 12.8. The molecular weight excluding hydrogens is 290 g/mol. The van der Waals surface area contributed by atoms with Gasteiger partial charge in [-0.15, -0.1) is 0 Å². The van der Waals surface area contributed by atoms with Gasteiger partial charge in [0.2, 0.25) is 0 Å². The van der Waals surface area contributed by atoms with Crippen LogP contribution in [0.25, 0.3) is 0 Å². The fraction of sp³-hybridized carbons (Fsp3) is 0.143. The second-order valence-corrected chi connectivity index (χ2v) is 4.68. The number of aromatic nitrogens is 1. The quantitative estimate of drug-likeness (QED) is 0.942. The van der Waals surface area contributed by atoms with Crippen molar-refractivity contribution >= 4 is 21.7 Å². The Bertz CT molecular complexity index is 561. The van der Waals surface area contributed by atoms with Crippen molar-refractivity contribution in [3.8, 4) is 6.07 Å². The fourth-order valence-electron chi connectivity index (χ4n) is 1.60. The molecular formula is C14H12BrN3. The zero-order valence-corrected chi connectivity index (χ0v) is 11.3. The molecule has 0 amide bonds. The molecule has 0 fully saturated rings. The highest BCUT2D eigenvalue weighted by atomic mass is 79.9. The monoisotopic (exact) mass is 301 g/mol. The van der Waals surface area contributed by atoms with E-state index in [4.69, 9.17) is 5.26 Å². The Hall–Kier alpha value is -1.86. The van der Waals surface area contributed by atoms with E-state index in [1.807, 2.05) is 18.2 Å². The Balaban J connectivity index is 1.93. The molecule has 2 rings (SSSR count). The van der Waals surface area contributed by atoms with E-state index in [1.165, 1.54) is 5.56 Å². The molecule has 0 aliphatic carbocycles. The van der Waals surface area contributed by atoms with Crippen LogP contribution in [0.4, 0.5) is 5.82 Å². The minimum absolute atomic E-state index is 0.551. The second kappa shape index (κ2) is 6.18. The van der Waals surface area contributed by atoms with Gasteiger partial charge in [0, 0.05) is 12.7 Å². The Kier molecular flexibility index (Phi) is 4.32. The van der Waals surface area contributed by atoms with E-state index in [9.17, 15) is 0 Å². The van der Waals surface area contributed by atoms with E-state index in [-0.39, 0.29) is 0 Å². The summed E-state index contributed by atoms with van der Waals surface area (Å²) in [5, 5.41) is 12.0. The van der Waals surface area contributed by atoms with Gasteiger partial charge in [-0.05, 0) is 34.0 Å². The van der Waals surface area contributed by atoms with Crippen LogP contribution in [-0.4, -0.2) is 11.5 Å². The van der Waals surface area contributed by atoms with Gasteiger partial charge in [0.1, 0.15) is 11.9 Å². The number of hydrogen-bond acceptors (Lipinski definition) is 3. The topological polar surface area (TPSA) is 48.7 Å². The minimum atomic E-state index is 0.551. The highest BCUT2D eigenvalue weighted by molar-refractivity contribution is 9.10. The number of nitrogens with one attached hydrogen (secondary N) is 1. The summed E-state index contributed by atoms with van der Waals surface area (Å²) >= 11 is 3.40. The number of nitrogens with zero attached hydrogens (tertiary/aromatic N) is 2. The zero-order valence-electron chi connectivity index (χ0n) is 9.73. The summed E-state index contributed by atoms with van der Waals surface area (Å²) in [6, 6.07) is 14.1. The summed E-state index contributed by atoms with van der Waals surface area (Å²) in [5.74, 6) is 0.768. The van der Waals surface area contributed by atoms with Crippen LogP contribution < -0.4 is 5.32 Å². The summed E-state index contributed by atoms with van der Waals surface area (Å²) in [7, 11) is 0. The Labute approximate surface area is 115 Å². The summed E-state index contributed by atoms with van der Waals surface area (Å²) in [4.78, 5) is 4.20. The maximum Gasteiger partial charge on any atom is 0.140 e. The largest absolute Gasteiger partial charge is 0.369 e. The van der Waals surface area contributed by atoms with Crippen molar-refractivity contribution in [2.75, 3.05) is 11.9 Å². The van der Waals surface area contributed by atoms with Gasteiger partial charge in [0.25, 0.3) is 0 Å². The first-order valence-corrected chi connectivity index (χ1v) is 6.42. The lowest BCUT2D eigenvalue weighted by Gasteiger charge is -2.07. The van der Waals surface area contributed by atoms with Crippen LogP contribution in [0.3, 0.4) is 0 Å². The normalized spacial score (nSPS) is 9.78. The molecule has 1 N–H and O–H groups in total. The fourth-order valence-corrected chi connectivity index (χ4v) is 2.09. The number of halogens is 1. The number of nitriles is 1. The average molecular weight is 302 g/mol. The molecule has 2 aromatic rings.